The van der Waals surface area contributed by atoms with Gasteiger partial charge in [0.15, 0.2) is 0 Å². The molecule has 0 spiro atoms. The van der Waals surface area contributed by atoms with Gasteiger partial charge in [0.05, 0.1) is 17.1 Å². The van der Waals surface area contributed by atoms with E-state index < -0.39 is 5.82 Å². The first-order valence-electron chi connectivity index (χ1n) is 4.29. The molecule has 0 saturated carbocycles. The van der Waals surface area contributed by atoms with Crippen LogP contribution in [0.3, 0.4) is 0 Å². The summed E-state index contributed by atoms with van der Waals surface area (Å²) in [5, 5.41) is 5.59. The molecule has 0 radical (unpaired) electrons. The van der Waals surface area contributed by atoms with Crippen molar-refractivity contribution in [1.82, 2.24) is 0 Å². The molecule has 14 heavy (non-hydrogen) atoms. The Kier molecular flexibility index (Phi) is 1.99. The number of anilines is 3. The Morgan fingerprint density at radius 2 is 2.14 bits per heavy atom. The van der Waals surface area contributed by atoms with Crippen LogP contribution in [0.2, 0.25) is 0 Å². The number of rotatable bonds is 0. The number of nitrogens with two attached hydrogens (primary N) is 1. The molecule has 0 saturated heterocycles. The number of fused-ring (bicyclic) bond motifs is 1. The predicted molar refractivity (Wildman–Crippen MR) is 52.5 cm³/mol. The zero-order valence-corrected chi connectivity index (χ0v) is 7.43. The van der Waals surface area contributed by atoms with E-state index in [4.69, 9.17) is 5.73 Å². The summed E-state index contributed by atoms with van der Waals surface area (Å²) in [6, 6.07) is 2.71. The summed E-state index contributed by atoms with van der Waals surface area (Å²) in [7, 11) is 0. The summed E-state index contributed by atoms with van der Waals surface area (Å²) in [5.74, 6) is -0.574. The van der Waals surface area contributed by atoms with Crippen molar-refractivity contribution in [3.63, 3.8) is 0 Å². The highest BCUT2D eigenvalue weighted by Crippen LogP contribution is 2.28. The SMILES string of the molecule is Nc1cc2c(cc1F)NCCC(=O)N2. The van der Waals surface area contributed by atoms with Gasteiger partial charge in [0.25, 0.3) is 0 Å². The fourth-order valence-electron chi connectivity index (χ4n) is 1.36. The molecule has 0 unspecified atom stereocenters. The molecule has 1 amide bonds. The van der Waals surface area contributed by atoms with Crippen LogP contribution >= 0.6 is 0 Å². The van der Waals surface area contributed by atoms with Crippen molar-refractivity contribution in [2.24, 2.45) is 0 Å². The molecule has 0 aliphatic carbocycles. The molecule has 1 aromatic carbocycles. The van der Waals surface area contributed by atoms with Crippen molar-refractivity contribution in [3.05, 3.63) is 17.9 Å². The van der Waals surface area contributed by atoms with E-state index in [0.29, 0.717) is 24.3 Å². The van der Waals surface area contributed by atoms with Gasteiger partial charge in [0.2, 0.25) is 5.91 Å². The number of carbonyl (C=O) groups is 1. The Bertz CT molecular complexity index is 392. The molecule has 0 fully saturated rings. The van der Waals surface area contributed by atoms with Gasteiger partial charge in [0, 0.05) is 19.0 Å². The van der Waals surface area contributed by atoms with Gasteiger partial charge >= 0.3 is 0 Å². The molecule has 1 aliphatic rings. The molecule has 4 N–H and O–H groups in total. The summed E-state index contributed by atoms with van der Waals surface area (Å²) >= 11 is 0. The fourth-order valence-corrected chi connectivity index (χ4v) is 1.36. The minimum atomic E-state index is -0.479. The first kappa shape index (κ1) is 8.80. The van der Waals surface area contributed by atoms with Crippen LogP contribution < -0.4 is 16.4 Å². The van der Waals surface area contributed by atoms with Crippen LogP contribution in [0.15, 0.2) is 12.1 Å². The van der Waals surface area contributed by atoms with E-state index in [2.05, 4.69) is 10.6 Å². The second-order valence-electron chi connectivity index (χ2n) is 3.14. The van der Waals surface area contributed by atoms with E-state index in [0.717, 1.165) is 0 Å². The van der Waals surface area contributed by atoms with Gasteiger partial charge in [-0.05, 0) is 6.07 Å². The monoisotopic (exact) mass is 195 g/mol. The molecule has 1 aliphatic heterocycles. The highest BCUT2D eigenvalue weighted by Gasteiger charge is 2.14. The Labute approximate surface area is 80.3 Å². The van der Waals surface area contributed by atoms with Crippen molar-refractivity contribution in [1.29, 1.82) is 0 Å². The molecule has 1 aromatic rings. The largest absolute Gasteiger partial charge is 0.396 e. The Morgan fingerprint density at radius 1 is 1.36 bits per heavy atom. The molecule has 0 aromatic heterocycles. The van der Waals surface area contributed by atoms with Crippen LogP contribution in [0.25, 0.3) is 0 Å². The number of hydrogen-bond acceptors (Lipinski definition) is 3. The molecule has 4 nitrogen and oxygen atoms in total. The highest BCUT2D eigenvalue weighted by molar-refractivity contribution is 5.96. The lowest BCUT2D eigenvalue weighted by atomic mass is 10.2. The maximum Gasteiger partial charge on any atom is 0.226 e. The minimum Gasteiger partial charge on any atom is -0.396 e. The second kappa shape index (κ2) is 3.17. The third-order valence-electron chi connectivity index (χ3n) is 2.08. The number of halogens is 1. The average Bonchev–Trinajstić information content (AvgIpc) is 2.28. The lowest BCUT2D eigenvalue weighted by molar-refractivity contribution is -0.115. The fraction of sp³-hybridized carbons (Fsp3) is 0.222. The summed E-state index contributed by atoms with van der Waals surface area (Å²) in [6.07, 6.45) is 0.371. The zero-order valence-electron chi connectivity index (χ0n) is 7.43. The van der Waals surface area contributed by atoms with Crippen molar-refractivity contribution in [2.45, 2.75) is 6.42 Å². The van der Waals surface area contributed by atoms with Crippen LogP contribution in [0.1, 0.15) is 6.42 Å². The third kappa shape index (κ3) is 1.48. The van der Waals surface area contributed by atoms with Crippen LogP contribution in [0, 0.1) is 5.82 Å². The smallest absolute Gasteiger partial charge is 0.226 e. The molecule has 1 heterocycles. The van der Waals surface area contributed by atoms with Crippen LogP contribution in [0.4, 0.5) is 21.5 Å². The molecular formula is C9H10FN3O. The lowest BCUT2D eigenvalue weighted by Crippen LogP contribution is -2.10. The van der Waals surface area contributed by atoms with E-state index in [1.165, 1.54) is 12.1 Å². The van der Waals surface area contributed by atoms with Crippen molar-refractivity contribution in [3.8, 4) is 0 Å². The molecular weight excluding hydrogens is 185 g/mol. The standard InChI is InChI=1S/C9H10FN3O/c10-5-3-7-8(4-6(5)11)13-9(14)1-2-12-7/h3-4,12H,1-2,11H2,(H,13,14). The number of hydrogen-bond donors (Lipinski definition) is 3. The van der Waals surface area contributed by atoms with E-state index >= 15 is 0 Å². The van der Waals surface area contributed by atoms with E-state index in [9.17, 15) is 9.18 Å². The molecule has 0 atom stereocenters. The quantitative estimate of drug-likeness (QED) is 0.544. The predicted octanol–water partition coefficient (Wildman–Crippen LogP) is 1.16. The van der Waals surface area contributed by atoms with Crippen LogP contribution in [-0.2, 0) is 4.79 Å². The van der Waals surface area contributed by atoms with Gasteiger partial charge in [-0.2, -0.15) is 0 Å². The van der Waals surface area contributed by atoms with Gasteiger partial charge in [-0.15, -0.1) is 0 Å². The first-order chi connectivity index (χ1) is 6.66. The van der Waals surface area contributed by atoms with Gasteiger partial charge < -0.3 is 16.4 Å². The van der Waals surface area contributed by atoms with E-state index in [-0.39, 0.29) is 11.6 Å². The summed E-state index contributed by atoms with van der Waals surface area (Å²) in [5.41, 5.74) is 6.53. The van der Waals surface area contributed by atoms with Gasteiger partial charge in [-0.25, -0.2) is 4.39 Å². The molecule has 74 valence electrons. The second-order valence-corrected chi connectivity index (χ2v) is 3.14. The number of amides is 1. The summed E-state index contributed by atoms with van der Waals surface area (Å²) in [6.45, 7) is 0.502. The van der Waals surface area contributed by atoms with Gasteiger partial charge in [-0.1, -0.05) is 0 Å². The van der Waals surface area contributed by atoms with Crippen molar-refractivity contribution < 1.29 is 9.18 Å². The zero-order chi connectivity index (χ0) is 10.1. The Balaban J connectivity index is 2.46. The van der Waals surface area contributed by atoms with Crippen molar-refractivity contribution >= 4 is 23.0 Å². The maximum absolute atomic E-state index is 13.1. The molecule has 0 bridgehead atoms. The van der Waals surface area contributed by atoms with Gasteiger partial charge in [0.1, 0.15) is 5.82 Å². The first-order valence-corrected chi connectivity index (χ1v) is 4.29. The van der Waals surface area contributed by atoms with E-state index in [1.807, 2.05) is 0 Å². The minimum absolute atomic E-state index is 0.0350. The maximum atomic E-state index is 13.1. The van der Waals surface area contributed by atoms with Crippen molar-refractivity contribution in [2.75, 3.05) is 22.9 Å². The topological polar surface area (TPSA) is 67.1 Å². The highest BCUT2D eigenvalue weighted by atomic mass is 19.1. The number of nitrogen functional groups attached to an aromatic ring is 1. The average molecular weight is 195 g/mol. The summed E-state index contributed by atoms with van der Waals surface area (Å²) in [4.78, 5) is 11.2. The number of carbonyl (C=O) groups excluding carboxylic acids is 1. The Morgan fingerprint density at radius 3 is 2.93 bits per heavy atom. The summed E-state index contributed by atoms with van der Waals surface area (Å²) < 4.78 is 13.1. The molecule has 5 heteroatoms. The number of nitrogens with one attached hydrogen (secondary N) is 2. The lowest BCUT2D eigenvalue weighted by Gasteiger charge is -2.08. The Hall–Kier alpha value is -1.78. The van der Waals surface area contributed by atoms with Crippen LogP contribution in [0.5, 0.6) is 0 Å². The van der Waals surface area contributed by atoms with Crippen LogP contribution in [-0.4, -0.2) is 12.5 Å². The molecule has 2 rings (SSSR count). The number of benzene rings is 1. The normalized spacial score (nSPS) is 15.1. The van der Waals surface area contributed by atoms with E-state index in [1.54, 1.807) is 0 Å². The third-order valence-corrected chi connectivity index (χ3v) is 2.08. The van der Waals surface area contributed by atoms with Gasteiger partial charge in [-0.3, -0.25) is 4.79 Å².